The quantitative estimate of drug-likeness (QED) is 0.275. The number of rotatable bonds is 0. The summed E-state index contributed by atoms with van der Waals surface area (Å²) in [6.45, 7) is 0. The van der Waals surface area contributed by atoms with E-state index in [1.807, 2.05) is 0 Å². The SMILES string of the molecule is C[N+](C)(C)C.OO.[OH-]. The second kappa shape index (κ2) is 6.84. The van der Waals surface area contributed by atoms with Gasteiger partial charge in [-0.2, -0.15) is 0 Å². The van der Waals surface area contributed by atoms with Gasteiger partial charge in [0.15, 0.2) is 0 Å². The summed E-state index contributed by atoms with van der Waals surface area (Å²) in [5.41, 5.74) is 0. The minimum Gasteiger partial charge on any atom is -0.870 e. The molecule has 0 aliphatic carbocycles. The highest BCUT2D eigenvalue weighted by molar-refractivity contribution is 3.87. The molecule has 54 valence electrons. The van der Waals surface area contributed by atoms with Gasteiger partial charge in [-0.25, -0.2) is 0 Å². The van der Waals surface area contributed by atoms with Gasteiger partial charge in [0, 0.05) is 0 Å². The molecule has 0 fully saturated rings. The largest absolute Gasteiger partial charge is 0.870 e. The maximum absolute atomic E-state index is 6.00. The Morgan fingerprint density at radius 1 is 0.875 bits per heavy atom. The van der Waals surface area contributed by atoms with Crippen LogP contribution < -0.4 is 0 Å². The summed E-state index contributed by atoms with van der Waals surface area (Å²) < 4.78 is 1.00. The molecule has 0 radical (unpaired) electrons. The first-order valence-electron chi connectivity index (χ1n) is 1.99. The van der Waals surface area contributed by atoms with E-state index in [4.69, 9.17) is 10.5 Å². The lowest BCUT2D eigenvalue weighted by molar-refractivity contribution is -0.849. The topological polar surface area (TPSA) is 70.5 Å². The number of nitrogens with zero attached hydrogens (tertiary/aromatic N) is 1. The van der Waals surface area contributed by atoms with Crippen LogP contribution in [-0.4, -0.2) is 48.7 Å². The van der Waals surface area contributed by atoms with E-state index in [9.17, 15) is 0 Å². The van der Waals surface area contributed by atoms with Crippen LogP contribution in [-0.2, 0) is 0 Å². The van der Waals surface area contributed by atoms with Crippen molar-refractivity contribution in [3.63, 3.8) is 0 Å². The molecule has 0 bridgehead atoms. The lowest BCUT2D eigenvalue weighted by Gasteiger charge is -2.14. The predicted octanol–water partition coefficient (Wildman–Crippen LogP) is 0.163. The first-order valence-corrected chi connectivity index (χ1v) is 1.99. The minimum absolute atomic E-state index is 0. The first-order chi connectivity index (χ1) is 3.00. The fourth-order valence-corrected chi connectivity index (χ4v) is 0. The highest BCUT2D eigenvalue weighted by atomic mass is 17.0. The zero-order valence-corrected chi connectivity index (χ0v) is 5.79. The predicted molar refractivity (Wildman–Crippen MR) is 31.1 cm³/mol. The van der Waals surface area contributed by atoms with Crippen molar-refractivity contribution in [2.24, 2.45) is 0 Å². The van der Waals surface area contributed by atoms with Gasteiger partial charge in [-0.1, -0.05) is 0 Å². The van der Waals surface area contributed by atoms with Gasteiger partial charge in [-0.15, -0.1) is 0 Å². The number of hydrogen-bond acceptors (Lipinski definition) is 3. The van der Waals surface area contributed by atoms with Crippen LogP contribution in [0.4, 0.5) is 0 Å². The summed E-state index contributed by atoms with van der Waals surface area (Å²) >= 11 is 0. The zero-order chi connectivity index (χ0) is 6.50. The number of quaternary nitrogens is 1. The van der Waals surface area contributed by atoms with Crippen LogP contribution in [0.15, 0.2) is 0 Å². The lowest BCUT2D eigenvalue weighted by atomic mass is 10.8. The second-order valence-corrected chi connectivity index (χ2v) is 2.68. The molecule has 0 aromatic heterocycles. The van der Waals surface area contributed by atoms with Gasteiger partial charge < -0.3 is 9.96 Å². The summed E-state index contributed by atoms with van der Waals surface area (Å²) in [6.07, 6.45) is 0. The van der Waals surface area contributed by atoms with Crippen LogP contribution in [0.1, 0.15) is 0 Å². The van der Waals surface area contributed by atoms with E-state index in [1.165, 1.54) is 0 Å². The van der Waals surface area contributed by atoms with Gasteiger partial charge in [0.05, 0.1) is 28.2 Å². The van der Waals surface area contributed by atoms with Crippen molar-refractivity contribution in [2.45, 2.75) is 0 Å². The van der Waals surface area contributed by atoms with Crippen molar-refractivity contribution in [1.82, 2.24) is 0 Å². The maximum Gasteiger partial charge on any atom is 0.0675 e. The molecule has 0 aliphatic rings. The van der Waals surface area contributed by atoms with Crippen molar-refractivity contribution >= 4 is 0 Å². The Balaban J connectivity index is -0.0000000750. The van der Waals surface area contributed by atoms with Crippen molar-refractivity contribution in [1.29, 1.82) is 0 Å². The average molecular weight is 125 g/mol. The van der Waals surface area contributed by atoms with Crippen molar-refractivity contribution < 1.29 is 20.5 Å². The molecule has 0 aliphatic heterocycles. The van der Waals surface area contributed by atoms with E-state index in [0.717, 1.165) is 4.48 Å². The molecule has 0 unspecified atom stereocenters. The molecule has 0 heterocycles. The molecule has 0 atom stereocenters. The molecule has 4 heteroatoms. The average Bonchev–Trinajstić information content (AvgIpc) is 1.36. The molecule has 8 heavy (non-hydrogen) atoms. The monoisotopic (exact) mass is 125 g/mol. The number of hydrogen-bond donors (Lipinski definition) is 2. The highest BCUT2D eigenvalue weighted by Gasteiger charge is 1.88. The van der Waals surface area contributed by atoms with E-state index in [0.29, 0.717) is 0 Å². The highest BCUT2D eigenvalue weighted by Crippen LogP contribution is 1.73. The minimum atomic E-state index is 0. The lowest BCUT2D eigenvalue weighted by Crippen LogP contribution is -2.27. The summed E-state index contributed by atoms with van der Waals surface area (Å²) in [4.78, 5) is 0. The van der Waals surface area contributed by atoms with E-state index >= 15 is 0 Å². The molecule has 0 aromatic carbocycles. The Kier molecular flexibility index (Phi) is 13.4. The normalized spacial score (nSPS) is 8.25. The van der Waals surface area contributed by atoms with Crippen molar-refractivity contribution in [3.8, 4) is 0 Å². The molecular formula is C4H15NO3. The zero-order valence-electron chi connectivity index (χ0n) is 5.79. The van der Waals surface area contributed by atoms with Crippen molar-refractivity contribution in [3.05, 3.63) is 0 Å². The Morgan fingerprint density at radius 2 is 0.875 bits per heavy atom. The van der Waals surface area contributed by atoms with Crippen LogP contribution >= 0.6 is 0 Å². The van der Waals surface area contributed by atoms with Crippen LogP contribution in [0.3, 0.4) is 0 Å². The summed E-state index contributed by atoms with van der Waals surface area (Å²) in [6, 6.07) is 0. The van der Waals surface area contributed by atoms with Crippen LogP contribution in [0, 0.1) is 0 Å². The summed E-state index contributed by atoms with van der Waals surface area (Å²) in [5, 5.41) is 12.0. The Bertz CT molecular complexity index is 26.8. The summed E-state index contributed by atoms with van der Waals surface area (Å²) in [5.74, 6) is 0. The molecule has 0 amide bonds. The van der Waals surface area contributed by atoms with Gasteiger partial charge >= 0.3 is 0 Å². The smallest absolute Gasteiger partial charge is 0.0675 e. The Morgan fingerprint density at radius 3 is 0.875 bits per heavy atom. The molecule has 0 saturated carbocycles. The fourth-order valence-electron chi connectivity index (χ4n) is 0. The second-order valence-electron chi connectivity index (χ2n) is 2.68. The van der Waals surface area contributed by atoms with E-state index in [-0.39, 0.29) is 5.48 Å². The van der Waals surface area contributed by atoms with Gasteiger partial charge in [0.1, 0.15) is 0 Å². The third-order valence-corrected chi connectivity index (χ3v) is 0. The molecule has 0 spiro atoms. The van der Waals surface area contributed by atoms with E-state index < -0.39 is 0 Å². The van der Waals surface area contributed by atoms with E-state index in [2.05, 4.69) is 28.2 Å². The third kappa shape index (κ3) is 5340. The first kappa shape index (κ1) is 15.7. The molecule has 0 aromatic rings. The van der Waals surface area contributed by atoms with Crippen molar-refractivity contribution in [2.75, 3.05) is 28.2 Å². The van der Waals surface area contributed by atoms with Gasteiger partial charge in [-0.05, 0) is 0 Å². The fraction of sp³-hybridized carbons (Fsp3) is 1.00. The third-order valence-electron chi connectivity index (χ3n) is 0. The van der Waals surface area contributed by atoms with Crippen LogP contribution in [0.25, 0.3) is 0 Å². The summed E-state index contributed by atoms with van der Waals surface area (Å²) in [7, 11) is 8.50. The molecule has 3 N–H and O–H groups in total. The maximum atomic E-state index is 6.00. The molecule has 0 saturated heterocycles. The van der Waals surface area contributed by atoms with Crippen LogP contribution in [0.5, 0.6) is 0 Å². The standard InChI is InChI=1S/C4H12N.H2O2.H2O/c1-5(2,3)4;1-2;/h1-4H3;1-2H;1H2/q+1;;/p-1. The molecule has 4 nitrogen and oxygen atoms in total. The van der Waals surface area contributed by atoms with E-state index in [1.54, 1.807) is 0 Å². The van der Waals surface area contributed by atoms with Gasteiger partial charge in [-0.3, -0.25) is 10.5 Å². The molecular weight excluding hydrogens is 110 g/mol. The van der Waals surface area contributed by atoms with Crippen LogP contribution in [0.2, 0.25) is 0 Å². The Hall–Kier alpha value is -0.160. The van der Waals surface area contributed by atoms with Gasteiger partial charge in [0.25, 0.3) is 0 Å². The Labute approximate surface area is 49.8 Å². The van der Waals surface area contributed by atoms with Gasteiger partial charge in [0.2, 0.25) is 0 Å². The molecule has 0 rings (SSSR count).